The van der Waals surface area contributed by atoms with Crippen molar-refractivity contribution in [3.63, 3.8) is 0 Å². The first-order valence-corrected chi connectivity index (χ1v) is 9.79. The van der Waals surface area contributed by atoms with Crippen molar-refractivity contribution in [2.75, 3.05) is 0 Å². The average Bonchev–Trinajstić information content (AvgIpc) is 3.00. The molecule has 0 aromatic heterocycles. The summed E-state index contributed by atoms with van der Waals surface area (Å²) in [5.41, 5.74) is 0. The number of allylic oxidation sites excluding steroid dienone is 1. The van der Waals surface area contributed by atoms with E-state index in [1.165, 1.54) is 70.6 Å². The quantitative estimate of drug-likeness (QED) is 0.337. The summed E-state index contributed by atoms with van der Waals surface area (Å²) in [6.07, 6.45) is 24.2. The molecule has 134 valence electrons. The van der Waals surface area contributed by atoms with Crippen molar-refractivity contribution in [2.24, 2.45) is 0 Å². The molecule has 2 atom stereocenters. The summed E-state index contributed by atoms with van der Waals surface area (Å²) in [7, 11) is 0. The zero-order valence-electron chi connectivity index (χ0n) is 15.3. The zero-order valence-corrected chi connectivity index (χ0v) is 15.3. The van der Waals surface area contributed by atoms with E-state index in [1.807, 2.05) is 17.3 Å². The topological polar surface area (TPSA) is 35.5 Å². The molecule has 1 aliphatic heterocycles. The Balaban J connectivity index is 1.87. The highest BCUT2D eigenvalue weighted by molar-refractivity contribution is 4.98. The van der Waals surface area contributed by atoms with Crippen LogP contribution in [0, 0.1) is 0 Å². The minimum Gasteiger partial charge on any atom is -0.374 e. The fourth-order valence-electron chi connectivity index (χ4n) is 3.10. The van der Waals surface area contributed by atoms with Crippen LogP contribution in [0.4, 0.5) is 0 Å². The van der Waals surface area contributed by atoms with Gasteiger partial charge in [-0.15, -0.1) is 0 Å². The molecule has 1 heterocycles. The second kappa shape index (κ2) is 13.5. The van der Waals surface area contributed by atoms with E-state index in [0.717, 1.165) is 6.42 Å². The molecular formula is C20H38N2O. The van der Waals surface area contributed by atoms with Crippen LogP contribution in [0.3, 0.4) is 0 Å². The van der Waals surface area contributed by atoms with Gasteiger partial charge in [0.25, 0.3) is 0 Å². The van der Waals surface area contributed by atoms with Crippen molar-refractivity contribution in [1.82, 2.24) is 10.2 Å². The Labute approximate surface area is 143 Å². The predicted octanol–water partition coefficient (Wildman–Crippen LogP) is 5.28. The second-order valence-corrected chi connectivity index (χ2v) is 6.76. The number of unbranched alkanes of at least 4 members (excludes halogenated alkanes) is 10. The van der Waals surface area contributed by atoms with Gasteiger partial charge in [-0.05, 0) is 19.8 Å². The van der Waals surface area contributed by atoms with Gasteiger partial charge in [-0.25, -0.2) is 0 Å². The third-order valence-electron chi connectivity index (χ3n) is 4.58. The number of aliphatic hydroxyl groups is 1. The zero-order chi connectivity index (χ0) is 16.8. The van der Waals surface area contributed by atoms with Gasteiger partial charge in [0.2, 0.25) is 0 Å². The molecular weight excluding hydrogens is 284 g/mol. The summed E-state index contributed by atoms with van der Waals surface area (Å²) < 4.78 is 0. The van der Waals surface area contributed by atoms with Crippen LogP contribution in [-0.2, 0) is 0 Å². The van der Waals surface area contributed by atoms with Crippen LogP contribution in [0.1, 0.15) is 90.9 Å². The first-order chi connectivity index (χ1) is 11.3. The molecule has 2 unspecified atom stereocenters. The van der Waals surface area contributed by atoms with E-state index in [2.05, 4.69) is 24.4 Å². The lowest BCUT2D eigenvalue weighted by atomic mass is 10.1. The number of rotatable bonds is 14. The first-order valence-electron chi connectivity index (χ1n) is 9.79. The minimum atomic E-state index is -0.429. The van der Waals surface area contributed by atoms with Crippen molar-refractivity contribution in [1.29, 1.82) is 0 Å². The molecule has 0 saturated carbocycles. The molecule has 3 nitrogen and oxygen atoms in total. The van der Waals surface area contributed by atoms with Gasteiger partial charge in [-0.2, -0.15) is 0 Å². The molecule has 23 heavy (non-hydrogen) atoms. The van der Waals surface area contributed by atoms with E-state index < -0.39 is 6.23 Å². The van der Waals surface area contributed by atoms with Crippen molar-refractivity contribution in [3.05, 3.63) is 24.6 Å². The SMILES string of the molecule is CCCCCCCCCCCC/C=C/CC1NC=CN1C(C)O. The van der Waals surface area contributed by atoms with Crippen molar-refractivity contribution >= 4 is 0 Å². The molecule has 0 aromatic rings. The number of hydrogen-bond acceptors (Lipinski definition) is 3. The molecule has 0 aromatic carbocycles. The van der Waals surface area contributed by atoms with Crippen molar-refractivity contribution < 1.29 is 5.11 Å². The van der Waals surface area contributed by atoms with Crippen LogP contribution in [-0.4, -0.2) is 22.4 Å². The van der Waals surface area contributed by atoms with Crippen LogP contribution in [0.15, 0.2) is 24.6 Å². The number of hydrogen-bond donors (Lipinski definition) is 2. The highest BCUT2D eigenvalue weighted by Gasteiger charge is 2.20. The Kier molecular flexibility index (Phi) is 11.8. The molecule has 0 bridgehead atoms. The first kappa shape index (κ1) is 20.1. The molecule has 0 amide bonds. The van der Waals surface area contributed by atoms with Crippen LogP contribution >= 0.6 is 0 Å². The van der Waals surface area contributed by atoms with Crippen LogP contribution < -0.4 is 5.32 Å². The number of nitrogens with one attached hydrogen (secondary N) is 1. The normalized spacial score (nSPS) is 18.7. The number of nitrogens with zero attached hydrogens (tertiary/aromatic N) is 1. The Morgan fingerprint density at radius 3 is 2.22 bits per heavy atom. The summed E-state index contributed by atoms with van der Waals surface area (Å²) in [5, 5.41) is 12.9. The van der Waals surface area contributed by atoms with Gasteiger partial charge < -0.3 is 15.3 Å². The minimum absolute atomic E-state index is 0.207. The summed E-state index contributed by atoms with van der Waals surface area (Å²) in [5.74, 6) is 0. The molecule has 1 aliphatic rings. The highest BCUT2D eigenvalue weighted by Crippen LogP contribution is 2.13. The molecule has 0 spiro atoms. The molecule has 0 fully saturated rings. The molecule has 0 saturated heterocycles. The smallest absolute Gasteiger partial charge is 0.125 e. The average molecular weight is 323 g/mol. The third kappa shape index (κ3) is 9.70. The Hall–Kier alpha value is -0.960. The van der Waals surface area contributed by atoms with E-state index in [9.17, 15) is 5.11 Å². The van der Waals surface area contributed by atoms with Crippen LogP contribution in [0.25, 0.3) is 0 Å². The van der Waals surface area contributed by atoms with Gasteiger partial charge in [0, 0.05) is 18.8 Å². The van der Waals surface area contributed by atoms with Gasteiger partial charge in [-0.1, -0.05) is 76.9 Å². The maximum absolute atomic E-state index is 9.64. The largest absolute Gasteiger partial charge is 0.374 e. The fraction of sp³-hybridized carbons (Fsp3) is 0.800. The van der Waals surface area contributed by atoms with Gasteiger partial charge >= 0.3 is 0 Å². The van der Waals surface area contributed by atoms with Gasteiger partial charge in [0.1, 0.15) is 12.4 Å². The van der Waals surface area contributed by atoms with Crippen molar-refractivity contribution in [3.8, 4) is 0 Å². The lowest BCUT2D eigenvalue weighted by Gasteiger charge is -2.27. The second-order valence-electron chi connectivity index (χ2n) is 6.76. The van der Waals surface area contributed by atoms with E-state index in [-0.39, 0.29) is 6.17 Å². The molecule has 2 N–H and O–H groups in total. The van der Waals surface area contributed by atoms with Gasteiger partial charge in [0.05, 0.1) is 0 Å². The summed E-state index contributed by atoms with van der Waals surface area (Å²) in [6, 6.07) is 0. The van der Waals surface area contributed by atoms with E-state index >= 15 is 0 Å². The fourth-order valence-corrected chi connectivity index (χ4v) is 3.10. The summed E-state index contributed by atoms with van der Waals surface area (Å²) >= 11 is 0. The van der Waals surface area contributed by atoms with Gasteiger partial charge in [-0.3, -0.25) is 0 Å². The predicted molar refractivity (Wildman–Crippen MR) is 99.8 cm³/mol. The number of aliphatic hydroxyl groups excluding tert-OH is 1. The summed E-state index contributed by atoms with van der Waals surface area (Å²) in [4.78, 5) is 1.95. The maximum Gasteiger partial charge on any atom is 0.125 e. The third-order valence-corrected chi connectivity index (χ3v) is 4.58. The van der Waals surface area contributed by atoms with E-state index in [4.69, 9.17) is 0 Å². The molecule has 1 rings (SSSR count). The molecule has 0 radical (unpaired) electrons. The standard InChI is InChI=1S/C20H38N2O/c1-3-4-5-6-7-8-9-10-11-12-13-14-15-16-20-21-17-18-22(20)19(2)23/h14-15,17-21,23H,3-13,16H2,1-2H3/b15-14+. The Morgan fingerprint density at radius 2 is 1.61 bits per heavy atom. The van der Waals surface area contributed by atoms with Crippen LogP contribution in [0.5, 0.6) is 0 Å². The molecule has 0 aliphatic carbocycles. The highest BCUT2D eigenvalue weighted by atomic mass is 16.3. The Morgan fingerprint density at radius 1 is 1.00 bits per heavy atom. The van der Waals surface area contributed by atoms with Crippen molar-refractivity contribution in [2.45, 2.75) is 103 Å². The summed E-state index contributed by atoms with van der Waals surface area (Å²) in [6.45, 7) is 4.08. The van der Waals surface area contributed by atoms with E-state index in [1.54, 1.807) is 6.92 Å². The Bertz CT molecular complexity index is 326. The van der Waals surface area contributed by atoms with Gasteiger partial charge in [0.15, 0.2) is 0 Å². The molecule has 3 heteroatoms. The lowest BCUT2D eigenvalue weighted by molar-refractivity contribution is 0.0293. The lowest BCUT2D eigenvalue weighted by Crippen LogP contribution is -2.40. The monoisotopic (exact) mass is 322 g/mol. The van der Waals surface area contributed by atoms with Crippen LogP contribution in [0.2, 0.25) is 0 Å². The van der Waals surface area contributed by atoms with E-state index in [0.29, 0.717) is 0 Å². The maximum atomic E-state index is 9.64.